The molecule has 1 aliphatic rings. The fourth-order valence-electron chi connectivity index (χ4n) is 3.29. The molecule has 4 N–H and O–H groups in total. The maximum atomic E-state index is 12.4. The highest BCUT2D eigenvalue weighted by Crippen LogP contribution is 2.40. The van der Waals surface area contributed by atoms with Crippen LogP contribution in [0.2, 0.25) is 0 Å². The minimum atomic E-state index is -0.639. The molecule has 1 unspecified atom stereocenters. The van der Waals surface area contributed by atoms with Gasteiger partial charge < -0.3 is 16.4 Å². The average Bonchev–Trinajstić information content (AvgIpc) is 2.51. The van der Waals surface area contributed by atoms with Crippen molar-refractivity contribution in [2.24, 2.45) is 17.1 Å². The summed E-state index contributed by atoms with van der Waals surface area (Å²) in [5.41, 5.74) is 5.56. The lowest BCUT2D eigenvalue weighted by Crippen LogP contribution is -2.52. The number of urea groups is 1. The van der Waals surface area contributed by atoms with Crippen molar-refractivity contribution < 1.29 is 9.59 Å². The van der Waals surface area contributed by atoms with Crippen LogP contribution in [0, 0.1) is 11.3 Å². The van der Waals surface area contributed by atoms with Crippen molar-refractivity contribution in [2.45, 2.75) is 71.4 Å². The Labute approximate surface area is 144 Å². The third kappa shape index (κ3) is 6.61. The molecule has 1 fully saturated rings. The second-order valence-electron chi connectivity index (χ2n) is 7.24. The molecule has 134 valence electrons. The molecule has 0 heterocycles. The normalized spacial score (nSPS) is 23.1. The summed E-state index contributed by atoms with van der Waals surface area (Å²) in [7, 11) is 0. The number of nitrogens with one attached hydrogen (secondary N) is 2. The van der Waals surface area contributed by atoms with Crippen molar-refractivity contribution in [2.75, 3.05) is 12.0 Å². The van der Waals surface area contributed by atoms with Crippen LogP contribution < -0.4 is 16.4 Å². The van der Waals surface area contributed by atoms with Gasteiger partial charge in [-0.05, 0) is 55.4 Å². The van der Waals surface area contributed by atoms with Crippen molar-refractivity contribution in [1.29, 1.82) is 0 Å². The molecule has 1 saturated carbocycles. The number of amides is 3. The minimum Gasteiger partial charge on any atom is -0.352 e. The molecule has 1 atom stereocenters. The molecular weight excluding hydrogens is 310 g/mol. The number of hydrogen-bond donors (Lipinski definition) is 3. The van der Waals surface area contributed by atoms with Gasteiger partial charge in [-0.15, -0.1) is 0 Å². The highest BCUT2D eigenvalue weighted by molar-refractivity contribution is 7.98. The molecule has 0 aromatic heterocycles. The van der Waals surface area contributed by atoms with E-state index >= 15 is 0 Å². The molecule has 0 spiro atoms. The SMILES string of the molecule is CCC(C)(C)C1CCC(NC(=O)C(CCSC)NC(N)=O)CC1. The van der Waals surface area contributed by atoms with E-state index in [0.29, 0.717) is 11.8 Å². The molecule has 1 rings (SSSR count). The highest BCUT2D eigenvalue weighted by Gasteiger charge is 2.32. The van der Waals surface area contributed by atoms with Gasteiger partial charge in [-0.2, -0.15) is 11.8 Å². The van der Waals surface area contributed by atoms with E-state index in [1.165, 1.54) is 6.42 Å². The topological polar surface area (TPSA) is 84.2 Å². The molecule has 6 heteroatoms. The van der Waals surface area contributed by atoms with Crippen molar-refractivity contribution in [3.05, 3.63) is 0 Å². The molecule has 0 aromatic carbocycles. The van der Waals surface area contributed by atoms with Crippen molar-refractivity contribution >= 4 is 23.7 Å². The van der Waals surface area contributed by atoms with Crippen LogP contribution in [0.5, 0.6) is 0 Å². The highest BCUT2D eigenvalue weighted by atomic mass is 32.2. The maximum absolute atomic E-state index is 12.4. The zero-order valence-corrected chi connectivity index (χ0v) is 15.8. The van der Waals surface area contributed by atoms with Crippen molar-refractivity contribution in [1.82, 2.24) is 10.6 Å². The lowest BCUT2D eigenvalue weighted by molar-refractivity contribution is -0.124. The molecule has 3 amide bonds. The van der Waals surface area contributed by atoms with E-state index in [-0.39, 0.29) is 11.9 Å². The summed E-state index contributed by atoms with van der Waals surface area (Å²) in [4.78, 5) is 23.5. The van der Waals surface area contributed by atoms with Gasteiger partial charge in [-0.25, -0.2) is 4.79 Å². The molecule has 5 nitrogen and oxygen atoms in total. The van der Waals surface area contributed by atoms with Crippen LogP contribution in [0.25, 0.3) is 0 Å². The Morgan fingerprint density at radius 3 is 2.35 bits per heavy atom. The lowest BCUT2D eigenvalue weighted by Gasteiger charge is -2.39. The maximum Gasteiger partial charge on any atom is 0.312 e. The van der Waals surface area contributed by atoms with E-state index in [0.717, 1.165) is 37.4 Å². The molecule has 0 aliphatic heterocycles. The Balaban J connectivity index is 2.49. The van der Waals surface area contributed by atoms with Crippen LogP contribution >= 0.6 is 11.8 Å². The van der Waals surface area contributed by atoms with Crippen LogP contribution in [0.3, 0.4) is 0 Å². The zero-order valence-electron chi connectivity index (χ0n) is 15.0. The molecular formula is C17H33N3O2S. The van der Waals surface area contributed by atoms with Gasteiger partial charge in [0.15, 0.2) is 0 Å². The number of hydrogen-bond acceptors (Lipinski definition) is 3. The van der Waals surface area contributed by atoms with E-state index in [4.69, 9.17) is 5.73 Å². The number of carbonyl (C=O) groups is 2. The zero-order chi connectivity index (χ0) is 17.5. The van der Waals surface area contributed by atoms with Crippen LogP contribution in [0.1, 0.15) is 59.3 Å². The molecule has 0 radical (unpaired) electrons. The number of primary amides is 1. The number of rotatable bonds is 8. The first-order valence-corrected chi connectivity index (χ1v) is 10.0. The van der Waals surface area contributed by atoms with Gasteiger partial charge in [0.1, 0.15) is 6.04 Å². The van der Waals surface area contributed by atoms with E-state index in [1.807, 2.05) is 6.26 Å². The van der Waals surface area contributed by atoms with Crippen LogP contribution in [-0.2, 0) is 4.79 Å². The van der Waals surface area contributed by atoms with E-state index < -0.39 is 12.1 Å². The second-order valence-corrected chi connectivity index (χ2v) is 8.23. The van der Waals surface area contributed by atoms with E-state index in [9.17, 15) is 9.59 Å². The minimum absolute atomic E-state index is 0.101. The quantitative estimate of drug-likeness (QED) is 0.633. The first kappa shape index (κ1) is 20.1. The van der Waals surface area contributed by atoms with Crippen molar-refractivity contribution in [3.63, 3.8) is 0 Å². The summed E-state index contributed by atoms with van der Waals surface area (Å²) in [6.07, 6.45) is 8.13. The Hall–Kier alpha value is -0.910. The predicted molar refractivity (Wildman–Crippen MR) is 97.5 cm³/mol. The van der Waals surface area contributed by atoms with Crippen LogP contribution in [0.4, 0.5) is 4.79 Å². The number of thioether (sulfide) groups is 1. The first-order valence-electron chi connectivity index (χ1n) is 8.65. The average molecular weight is 344 g/mol. The standard InChI is InChI=1S/C17H33N3O2S/c1-5-17(2,3)12-6-8-13(9-7-12)19-15(21)14(10-11-23-4)20-16(18)22/h12-14H,5-11H2,1-4H3,(H,19,21)(H3,18,20,22). The summed E-state index contributed by atoms with van der Waals surface area (Å²) in [5.74, 6) is 1.45. The first-order chi connectivity index (χ1) is 10.8. The summed E-state index contributed by atoms with van der Waals surface area (Å²) in [6, 6.07) is -0.942. The molecule has 1 aliphatic carbocycles. The van der Waals surface area contributed by atoms with Gasteiger partial charge in [-0.1, -0.05) is 27.2 Å². The Bertz CT molecular complexity index is 393. The van der Waals surface area contributed by atoms with Gasteiger partial charge in [0.05, 0.1) is 0 Å². The summed E-state index contributed by atoms with van der Waals surface area (Å²) in [6.45, 7) is 6.93. The van der Waals surface area contributed by atoms with Gasteiger partial charge in [0.2, 0.25) is 5.91 Å². The third-order valence-electron chi connectivity index (χ3n) is 5.33. The molecule has 0 saturated heterocycles. The monoisotopic (exact) mass is 343 g/mol. The lowest BCUT2D eigenvalue weighted by atomic mass is 9.69. The Morgan fingerprint density at radius 1 is 1.26 bits per heavy atom. The smallest absolute Gasteiger partial charge is 0.312 e. The molecule has 0 aromatic rings. The summed E-state index contributed by atoms with van der Waals surface area (Å²) >= 11 is 1.65. The van der Waals surface area contributed by atoms with Gasteiger partial charge >= 0.3 is 6.03 Å². The Kier molecular flexibility index (Phi) is 8.23. The second kappa shape index (κ2) is 9.40. The van der Waals surface area contributed by atoms with Gasteiger partial charge in [-0.3, -0.25) is 4.79 Å². The molecule has 0 bridgehead atoms. The summed E-state index contributed by atoms with van der Waals surface area (Å²) < 4.78 is 0. The number of carbonyl (C=O) groups excluding carboxylic acids is 2. The van der Waals surface area contributed by atoms with Crippen LogP contribution in [-0.4, -0.2) is 36.0 Å². The van der Waals surface area contributed by atoms with E-state index in [1.54, 1.807) is 11.8 Å². The molecule has 23 heavy (non-hydrogen) atoms. The largest absolute Gasteiger partial charge is 0.352 e. The summed E-state index contributed by atoms with van der Waals surface area (Å²) in [5, 5.41) is 5.66. The predicted octanol–water partition coefficient (Wildman–Crippen LogP) is 2.89. The number of nitrogens with two attached hydrogens (primary N) is 1. The third-order valence-corrected chi connectivity index (χ3v) is 5.98. The van der Waals surface area contributed by atoms with E-state index in [2.05, 4.69) is 31.4 Å². The fraction of sp³-hybridized carbons (Fsp3) is 0.882. The Morgan fingerprint density at radius 2 is 1.87 bits per heavy atom. The van der Waals surface area contributed by atoms with Gasteiger partial charge in [0, 0.05) is 6.04 Å². The van der Waals surface area contributed by atoms with Crippen molar-refractivity contribution in [3.8, 4) is 0 Å². The fourth-order valence-corrected chi connectivity index (χ4v) is 3.76. The van der Waals surface area contributed by atoms with Crippen LogP contribution in [0.15, 0.2) is 0 Å². The van der Waals surface area contributed by atoms with Gasteiger partial charge in [0.25, 0.3) is 0 Å².